The first kappa shape index (κ1) is 15.9. The molecular formula is C18H19N3O3. The third-order valence-electron chi connectivity index (χ3n) is 3.58. The van der Waals surface area contributed by atoms with Crippen LogP contribution in [-0.4, -0.2) is 36.1 Å². The van der Waals surface area contributed by atoms with Crippen molar-refractivity contribution in [2.45, 2.75) is 6.92 Å². The number of aromatic amines is 1. The van der Waals surface area contributed by atoms with Gasteiger partial charge in [0.25, 0.3) is 5.91 Å². The summed E-state index contributed by atoms with van der Waals surface area (Å²) in [4.78, 5) is 19.6. The molecule has 0 bridgehead atoms. The van der Waals surface area contributed by atoms with Crippen LogP contribution in [0, 0.1) is 6.92 Å². The number of hydrogen-bond donors (Lipinski definition) is 2. The summed E-state index contributed by atoms with van der Waals surface area (Å²) < 4.78 is 10.7. The zero-order valence-corrected chi connectivity index (χ0v) is 13.6. The Morgan fingerprint density at radius 3 is 2.67 bits per heavy atom. The lowest BCUT2D eigenvalue weighted by Crippen LogP contribution is -2.28. The van der Waals surface area contributed by atoms with Crippen LogP contribution in [-0.2, 0) is 0 Å². The molecule has 0 atom stereocenters. The monoisotopic (exact) mass is 325 g/mol. The second-order valence-corrected chi connectivity index (χ2v) is 5.33. The summed E-state index contributed by atoms with van der Waals surface area (Å²) in [7, 11) is 1.62. The van der Waals surface area contributed by atoms with E-state index in [2.05, 4.69) is 15.3 Å². The van der Waals surface area contributed by atoms with Crippen molar-refractivity contribution in [2.24, 2.45) is 0 Å². The topological polar surface area (TPSA) is 76.2 Å². The van der Waals surface area contributed by atoms with Crippen molar-refractivity contribution in [1.82, 2.24) is 15.3 Å². The van der Waals surface area contributed by atoms with E-state index in [0.29, 0.717) is 18.7 Å². The average Bonchev–Trinajstić information content (AvgIpc) is 2.98. The average molecular weight is 325 g/mol. The van der Waals surface area contributed by atoms with Gasteiger partial charge in [-0.3, -0.25) is 4.79 Å². The van der Waals surface area contributed by atoms with Crippen molar-refractivity contribution in [3.8, 4) is 11.5 Å². The third-order valence-corrected chi connectivity index (χ3v) is 3.58. The van der Waals surface area contributed by atoms with E-state index in [-0.39, 0.29) is 5.91 Å². The Kier molecular flexibility index (Phi) is 4.65. The molecule has 0 aliphatic rings. The molecular weight excluding hydrogens is 306 g/mol. The molecule has 6 nitrogen and oxygen atoms in total. The van der Waals surface area contributed by atoms with Gasteiger partial charge in [-0.1, -0.05) is 0 Å². The number of ether oxygens (including phenoxy) is 2. The predicted molar refractivity (Wildman–Crippen MR) is 91.7 cm³/mol. The molecule has 1 amide bonds. The summed E-state index contributed by atoms with van der Waals surface area (Å²) in [6, 6.07) is 12.7. The fourth-order valence-electron chi connectivity index (χ4n) is 2.39. The number of nitrogens with zero attached hydrogens (tertiary/aromatic N) is 1. The molecule has 0 unspecified atom stereocenters. The molecule has 1 heterocycles. The Hall–Kier alpha value is -3.02. The number of H-pyrrole nitrogens is 1. The number of rotatable bonds is 6. The number of imidazole rings is 1. The summed E-state index contributed by atoms with van der Waals surface area (Å²) in [5.74, 6) is 2.21. The molecule has 6 heteroatoms. The van der Waals surface area contributed by atoms with Gasteiger partial charge in [0.05, 0.1) is 24.7 Å². The number of benzene rings is 2. The molecule has 0 saturated carbocycles. The van der Waals surface area contributed by atoms with Crippen LogP contribution in [0.5, 0.6) is 11.5 Å². The van der Waals surface area contributed by atoms with Crippen LogP contribution in [0.4, 0.5) is 0 Å². The maximum absolute atomic E-state index is 12.2. The zero-order chi connectivity index (χ0) is 16.9. The molecule has 0 aliphatic heterocycles. The highest BCUT2D eigenvalue weighted by molar-refractivity contribution is 5.97. The number of carbonyl (C=O) groups excluding carboxylic acids is 1. The Bertz CT molecular complexity index is 840. The van der Waals surface area contributed by atoms with E-state index in [9.17, 15) is 4.79 Å². The van der Waals surface area contributed by atoms with E-state index < -0.39 is 0 Å². The maximum atomic E-state index is 12.2. The molecule has 0 fully saturated rings. The van der Waals surface area contributed by atoms with Gasteiger partial charge >= 0.3 is 0 Å². The van der Waals surface area contributed by atoms with Gasteiger partial charge in [-0.25, -0.2) is 4.98 Å². The minimum absolute atomic E-state index is 0.137. The number of nitrogens with one attached hydrogen (secondary N) is 2. The first-order valence-corrected chi connectivity index (χ1v) is 7.67. The first-order chi connectivity index (χ1) is 11.7. The first-order valence-electron chi connectivity index (χ1n) is 7.67. The number of fused-ring (bicyclic) bond motifs is 1. The summed E-state index contributed by atoms with van der Waals surface area (Å²) in [5.41, 5.74) is 2.30. The largest absolute Gasteiger partial charge is 0.497 e. The minimum Gasteiger partial charge on any atom is -0.497 e. The minimum atomic E-state index is -0.137. The van der Waals surface area contributed by atoms with Crippen molar-refractivity contribution < 1.29 is 14.3 Å². The number of methoxy groups -OCH3 is 1. The number of amides is 1. The van der Waals surface area contributed by atoms with Gasteiger partial charge in [0.1, 0.15) is 23.9 Å². The van der Waals surface area contributed by atoms with Gasteiger partial charge in [0.2, 0.25) is 0 Å². The lowest BCUT2D eigenvalue weighted by Gasteiger charge is -2.08. The Labute approximate surface area is 139 Å². The van der Waals surface area contributed by atoms with Crippen LogP contribution in [0.2, 0.25) is 0 Å². The van der Waals surface area contributed by atoms with E-state index >= 15 is 0 Å². The number of aryl methyl sites for hydroxylation is 1. The predicted octanol–water partition coefficient (Wildman–Crippen LogP) is 2.69. The van der Waals surface area contributed by atoms with Crippen LogP contribution >= 0.6 is 0 Å². The maximum Gasteiger partial charge on any atom is 0.251 e. The molecule has 3 aromatic rings. The van der Waals surface area contributed by atoms with Crippen LogP contribution in [0.3, 0.4) is 0 Å². The van der Waals surface area contributed by atoms with Crippen LogP contribution in [0.15, 0.2) is 42.5 Å². The van der Waals surface area contributed by atoms with E-state index in [1.807, 2.05) is 37.3 Å². The fraction of sp³-hybridized carbons (Fsp3) is 0.222. The van der Waals surface area contributed by atoms with Crippen LogP contribution in [0.25, 0.3) is 11.0 Å². The highest BCUT2D eigenvalue weighted by Gasteiger charge is 2.07. The molecule has 2 aromatic carbocycles. The van der Waals surface area contributed by atoms with Crippen molar-refractivity contribution in [2.75, 3.05) is 20.3 Å². The van der Waals surface area contributed by atoms with Crippen LogP contribution < -0.4 is 14.8 Å². The van der Waals surface area contributed by atoms with E-state index in [1.54, 1.807) is 19.2 Å². The lowest BCUT2D eigenvalue weighted by atomic mass is 10.2. The van der Waals surface area contributed by atoms with E-state index in [0.717, 1.165) is 28.4 Å². The molecule has 124 valence electrons. The molecule has 1 aromatic heterocycles. The standard InChI is InChI=1S/C18H19N3O3/c1-12-20-16-8-3-13(11-17(16)21-12)18(22)19-9-10-24-15-6-4-14(23-2)5-7-15/h3-8,11H,9-10H2,1-2H3,(H,19,22)(H,20,21). The van der Waals surface area contributed by atoms with E-state index in [1.165, 1.54) is 0 Å². The smallest absolute Gasteiger partial charge is 0.251 e. The van der Waals surface area contributed by atoms with Gasteiger partial charge < -0.3 is 19.8 Å². The molecule has 2 N–H and O–H groups in total. The molecule has 0 radical (unpaired) electrons. The third kappa shape index (κ3) is 3.65. The van der Waals surface area contributed by atoms with Crippen molar-refractivity contribution in [1.29, 1.82) is 0 Å². The summed E-state index contributed by atoms with van der Waals surface area (Å²) in [5, 5.41) is 2.84. The van der Waals surface area contributed by atoms with E-state index in [4.69, 9.17) is 9.47 Å². The van der Waals surface area contributed by atoms with Gasteiger partial charge in [0.15, 0.2) is 0 Å². The van der Waals surface area contributed by atoms with Crippen LogP contribution in [0.1, 0.15) is 16.2 Å². The molecule has 3 rings (SSSR count). The normalized spacial score (nSPS) is 10.6. The zero-order valence-electron chi connectivity index (χ0n) is 13.6. The van der Waals surface area contributed by atoms with Crippen molar-refractivity contribution in [3.63, 3.8) is 0 Å². The fourth-order valence-corrected chi connectivity index (χ4v) is 2.39. The highest BCUT2D eigenvalue weighted by Crippen LogP contribution is 2.17. The SMILES string of the molecule is COc1ccc(OCCNC(=O)c2ccc3nc(C)[nH]c3c2)cc1. The van der Waals surface area contributed by atoms with Gasteiger partial charge in [-0.2, -0.15) is 0 Å². The summed E-state index contributed by atoms with van der Waals surface area (Å²) >= 11 is 0. The quantitative estimate of drug-likeness (QED) is 0.683. The number of aromatic nitrogens is 2. The number of carbonyl (C=O) groups is 1. The Balaban J connectivity index is 1.50. The lowest BCUT2D eigenvalue weighted by molar-refractivity contribution is 0.0947. The molecule has 0 aliphatic carbocycles. The van der Waals surface area contributed by atoms with Gasteiger partial charge in [-0.15, -0.1) is 0 Å². The Morgan fingerprint density at radius 1 is 1.17 bits per heavy atom. The molecule has 0 saturated heterocycles. The van der Waals surface area contributed by atoms with Gasteiger partial charge in [0, 0.05) is 5.56 Å². The Morgan fingerprint density at radius 2 is 1.92 bits per heavy atom. The molecule has 24 heavy (non-hydrogen) atoms. The summed E-state index contributed by atoms with van der Waals surface area (Å²) in [6.45, 7) is 2.70. The summed E-state index contributed by atoms with van der Waals surface area (Å²) in [6.07, 6.45) is 0. The highest BCUT2D eigenvalue weighted by atomic mass is 16.5. The number of hydrogen-bond acceptors (Lipinski definition) is 4. The van der Waals surface area contributed by atoms with Crippen molar-refractivity contribution >= 4 is 16.9 Å². The van der Waals surface area contributed by atoms with Gasteiger partial charge in [-0.05, 0) is 49.4 Å². The second-order valence-electron chi connectivity index (χ2n) is 5.33. The second kappa shape index (κ2) is 7.04. The molecule has 0 spiro atoms. The van der Waals surface area contributed by atoms with Crippen molar-refractivity contribution in [3.05, 3.63) is 53.9 Å².